The van der Waals surface area contributed by atoms with Gasteiger partial charge in [0.2, 0.25) is 15.9 Å². The molecule has 2 saturated carbocycles. The van der Waals surface area contributed by atoms with Crippen molar-refractivity contribution in [3.05, 3.63) is 53.1 Å². The fraction of sp³-hybridized carbons (Fsp3) is 0.556. The number of amides is 2. The van der Waals surface area contributed by atoms with E-state index < -0.39 is 31.6 Å². The standard InChI is InChI=1S/C36H47N5O7S2/c1-6-25-21-39(49(5,44)45)16-17-40(25)35(43)36-20-30(36)29-19-26(48-4)13-15-27(29)33-32(23-10-8-7-9-11-23)28-14-12-24(18-31(28)41(33)22-36)34(42)37-50(46,47)38(2)3/h12-15,18-19,23,25,30H,6-11,16-17,20-22H2,1-5H3,(H,37,42). The second kappa shape index (κ2) is 12.6. The normalized spacial score (nSPS) is 24.3. The van der Waals surface area contributed by atoms with Crippen molar-refractivity contribution >= 4 is 42.9 Å². The maximum atomic E-state index is 15.0. The molecule has 3 heterocycles. The number of hydrogen-bond acceptors (Lipinski definition) is 7. The molecule has 50 heavy (non-hydrogen) atoms. The van der Waals surface area contributed by atoms with Gasteiger partial charge in [-0.15, -0.1) is 0 Å². The summed E-state index contributed by atoms with van der Waals surface area (Å²) in [4.78, 5) is 30.3. The Morgan fingerprint density at radius 1 is 1.02 bits per heavy atom. The van der Waals surface area contributed by atoms with Gasteiger partial charge in [-0.05, 0) is 73.1 Å². The summed E-state index contributed by atoms with van der Waals surface area (Å²) in [6, 6.07) is 11.3. The minimum atomic E-state index is -4.01. The molecule has 2 aliphatic carbocycles. The second-order valence-corrected chi connectivity index (χ2v) is 18.5. The number of piperazine rings is 1. The molecule has 14 heteroatoms. The molecule has 0 bridgehead atoms. The van der Waals surface area contributed by atoms with Crippen molar-refractivity contribution in [2.75, 3.05) is 47.1 Å². The summed E-state index contributed by atoms with van der Waals surface area (Å²) >= 11 is 0. The average molecular weight is 726 g/mol. The maximum absolute atomic E-state index is 15.0. The lowest BCUT2D eigenvalue weighted by molar-refractivity contribution is -0.142. The van der Waals surface area contributed by atoms with Crippen LogP contribution in [0.5, 0.6) is 5.75 Å². The first-order valence-corrected chi connectivity index (χ1v) is 20.8. The Balaban J connectivity index is 1.40. The van der Waals surface area contributed by atoms with Crippen LogP contribution >= 0.6 is 0 Å². The van der Waals surface area contributed by atoms with Crippen molar-refractivity contribution in [1.82, 2.24) is 22.8 Å². The van der Waals surface area contributed by atoms with Crippen LogP contribution in [-0.4, -0.2) is 99.9 Å². The third-order valence-corrected chi connectivity index (χ3v) is 14.2. The molecular formula is C36H47N5O7S2. The van der Waals surface area contributed by atoms with E-state index in [4.69, 9.17) is 4.74 Å². The van der Waals surface area contributed by atoms with Gasteiger partial charge >= 0.3 is 10.2 Å². The van der Waals surface area contributed by atoms with Gasteiger partial charge < -0.3 is 14.2 Å². The number of nitrogens with zero attached hydrogens (tertiary/aromatic N) is 4. The van der Waals surface area contributed by atoms with Gasteiger partial charge in [0.1, 0.15) is 5.75 Å². The highest BCUT2D eigenvalue weighted by atomic mass is 32.2. The minimum Gasteiger partial charge on any atom is -0.497 e. The van der Waals surface area contributed by atoms with Crippen molar-refractivity contribution in [1.29, 1.82) is 0 Å². The Morgan fingerprint density at radius 2 is 1.76 bits per heavy atom. The number of methoxy groups -OCH3 is 1. The zero-order valence-electron chi connectivity index (χ0n) is 29.4. The Bertz CT molecular complexity index is 2090. The monoisotopic (exact) mass is 725 g/mol. The van der Waals surface area contributed by atoms with E-state index in [-0.39, 0.29) is 36.5 Å². The molecule has 12 nitrogen and oxygen atoms in total. The second-order valence-electron chi connectivity index (χ2n) is 14.7. The molecule has 2 amide bonds. The first kappa shape index (κ1) is 35.0. The number of benzene rings is 2. The molecule has 2 aromatic carbocycles. The van der Waals surface area contributed by atoms with Crippen molar-refractivity contribution in [3.8, 4) is 17.0 Å². The lowest BCUT2D eigenvalue weighted by Gasteiger charge is -2.42. The van der Waals surface area contributed by atoms with Crippen molar-refractivity contribution < 1.29 is 31.2 Å². The zero-order valence-corrected chi connectivity index (χ0v) is 31.1. The van der Waals surface area contributed by atoms with E-state index in [0.29, 0.717) is 31.8 Å². The molecule has 1 aromatic heterocycles. The number of ether oxygens (including phenoxy) is 1. The van der Waals surface area contributed by atoms with Gasteiger partial charge in [-0.2, -0.15) is 17.0 Å². The molecule has 270 valence electrons. The Morgan fingerprint density at radius 3 is 2.42 bits per heavy atom. The van der Waals surface area contributed by atoms with E-state index in [9.17, 15) is 26.4 Å². The van der Waals surface area contributed by atoms with E-state index >= 15 is 0 Å². The molecule has 7 rings (SSSR count). The Kier molecular flexibility index (Phi) is 8.84. The number of hydrogen-bond donors (Lipinski definition) is 1. The SMILES string of the molecule is CCC1CN(S(C)(=O)=O)CCN1C(=O)C12CC1c1cc(OC)ccc1-c1c(C3CCCCC3)c3ccc(C(=O)NS(=O)(=O)N(C)C)cc3n1C2. The number of sulfonamides is 1. The van der Waals surface area contributed by atoms with Crippen LogP contribution in [0.3, 0.4) is 0 Å². The van der Waals surface area contributed by atoms with E-state index in [0.717, 1.165) is 63.5 Å². The van der Waals surface area contributed by atoms with Gasteiger partial charge in [0.05, 0.1) is 24.5 Å². The van der Waals surface area contributed by atoms with Gasteiger partial charge in [0.25, 0.3) is 5.91 Å². The predicted molar refractivity (Wildman–Crippen MR) is 192 cm³/mol. The number of carbonyl (C=O) groups is 2. The number of carbonyl (C=O) groups excluding carboxylic acids is 2. The molecule has 3 unspecified atom stereocenters. The number of rotatable bonds is 8. The van der Waals surface area contributed by atoms with E-state index in [1.165, 1.54) is 36.6 Å². The van der Waals surface area contributed by atoms with Gasteiger partial charge in [0, 0.05) is 74.3 Å². The molecule has 0 radical (unpaired) electrons. The van der Waals surface area contributed by atoms with Crippen LogP contribution in [0.2, 0.25) is 0 Å². The number of aromatic nitrogens is 1. The van der Waals surface area contributed by atoms with E-state index in [1.807, 2.05) is 24.0 Å². The number of nitrogens with one attached hydrogen (secondary N) is 1. The molecule has 1 saturated heterocycles. The average Bonchev–Trinajstić information content (AvgIpc) is 3.76. The highest BCUT2D eigenvalue weighted by Gasteiger charge is 2.64. The van der Waals surface area contributed by atoms with Crippen LogP contribution in [0.25, 0.3) is 22.2 Å². The van der Waals surface area contributed by atoms with Crippen molar-refractivity contribution in [2.24, 2.45) is 5.41 Å². The molecule has 2 aliphatic heterocycles. The summed E-state index contributed by atoms with van der Waals surface area (Å²) in [5.74, 6) is 0.238. The zero-order chi connectivity index (χ0) is 35.7. The van der Waals surface area contributed by atoms with Crippen LogP contribution in [0, 0.1) is 5.41 Å². The molecule has 3 atom stereocenters. The molecule has 1 N–H and O–H groups in total. The van der Waals surface area contributed by atoms with Crippen LogP contribution in [0.1, 0.15) is 85.2 Å². The largest absolute Gasteiger partial charge is 0.497 e. The first-order chi connectivity index (χ1) is 23.7. The minimum absolute atomic E-state index is 0.0242. The summed E-state index contributed by atoms with van der Waals surface area (Å²) < 4.78 is 62.6. The smallest absolute Gasteiger partial charge is 0.303 e. The van der Waals surface area contributed by atoms with Crippen LogP contribution in [0.4, 0.5) is 0 Å². The van der Waals surface area contributed by atoms with Gasteiger partial charge in [-0.3, -0.25) is 9.59 Å². The molecule has 3 aromatic rings. The Hall–Kier alpha value is -3.46. The van der Waals surface area contributed by atoms with E-state index in [1.54, 1.807) is 19.2 Å². The summed E-state index contributed by atoms with van der Waals surface area (Å²) in [6.45, 7) is 3.22. The third-order valence-electron chi connectivity index (χ3n) is 11.6. The highest BCUT2D eigenvalue weighted by Crippen LogP contribution is 2.66. The highest BCUT2D eigenvalue weighted by molar-refractivity contribution is 7.88. The Labute approximate surface area is 295 Å². The lowest BCUT2D eigenvalue weighted by Crippen LogP contribution is -2.58. The molecule has 3 fully saturated rings. The van der Waals surface area contributed by atoms with Crippen molar-refractivity contribution in [3.63, 3.8) is 0 Å². The fourth-order valence-electron chi connectivity index (χ4n) is 8.72. The molecule has 4 aliphatic rings. The maximum Gasteiger partial charge on any atom is 0.303 e. The van der Waals surface area contributed by atoms with Crippen LogP contribution < -0.4 is 9.46 Å². The first-order valence-electron chi connectivity index (χ1n) is 17.6. The summed E-state index contributed by atoms with van der Waals surface area (Å²) in [6.07, 6.45) is 7.99. The fourth-order valence-corrected chi connectivity index (χ4v) is 10.1. The summed E-state index contributed by atoms with van der Waals surface area (Å²) in [5, 5.41) is 1.01. The van der Waals surface area contributed by atoms with Crippen LogP contribution in [-0.2, 0) is 31.6 Å². The van der Waals surface area contributed by atoms with Gasteiger partial charge in [0.15, 0.2) is 0 Å². The quantitative estimate of drug-likeness (QED) is 0.366. The summed E-state index contributed by atoms with van der Waals surface area (Å²) in [7, 11) is -3.04. The predicted octanol–water partition coefficient (Wildman–Crippen LogP) is 4.27. The van der Waals surface area contributed by atoms with Crippen molar-refractivity contribution in [2.45, 2.75) is 76.3 Å². The molecule has 0 spiro atoms. The van der Waals surface area contributed by atoms with E-state index in [2.05, 4.69) is 21.4 Å². The lowest BCUT2D eigenvalue weighted by atomic mass is 9.81. The van der Waals surface area contributed by atoms with Gasteiger partial charge in [-0.25, -0.2) is 13.1 Å². The van der Waals surface area contributed by atoms with Gasteiger partial charge in [-0.1, -0.05) is 32.3 Å². The third kappa shape index (κ3) is 5.81. The summed E-state index contributed by atoms with van der Waals surface area (Å²) in [5.41, 5.74) is 4.62. The molecular weight excluding hydrogens is 679 g/mol. The van der Waals surface area contributed by atoms with Crippen LogP contribution in [0.15, 0.2) is 36.4 Å². The topological polar surface area (TPSA) is 138 Å². The number of fused-ring (bicyclic) bond motifs is 7.